The van der Waals surface area contributed by atoms with Crippen LogP contribution >= 0.6 is 11.6 Å². The lowest BCUT2D eigenvalue weighted by Crippen LogP contribution is -2.18. The Kier molecular flexibility index (Phi) is 4.09. The van der Waals surface area contributed by atoms with Crippen molar-refractivity contribution in [3.8, 4) is 11.3 Å². The Bertz CT molecular complexity index is 812. The predicted molar refractivity (Wildman–Crippen MR) is 86.1 cm³/mol. The highest BCUT2D eigenvalue weighted by molar-refractivity contribution is 6.30. The van der Waals surface area contributed by atoms with E-state index in [1.165, 1.54) is 7.11 Å². The average molecular weight is 316 g/mol. The number of nitrogens with zero attached hydrogens (tertiary/aromatic N) is 2. The van der Waals surface area contributed by atoms with Crippen molar-refractivity contribution in [3.05, 3.63) is 53.7 Å². The fourth-order valence-corrected chi connectivity index (χ4v) is 2.35. The molecule has 0 radical (unpaired) electrons. The molecule has 1 amide bonds. The molecule has 5 nitrogen and oxygen atoms in total. The predicted octanol–water partition coefficient (Wildman–Crippen LogP) is 3.24. The number of ether oxygens (including phenoxy) is 1. The number of pyridine rings is 1. The van der Waals surface area contributed by atoms with E-state index in [1.54, 1.807) is 12.1 Å². The van der Waals surface area contributed by atoms with E-state index in [9.17, 15) is 4.79 Å². The van der Waals surface area contributed by atoms with Crippen LogP contribution in [-0.2, 0) is 9.53 Å². The van der Waals surface area contributed by atoms with Crippen LogP contribution in [0.1, 0.15) is 0 Å². The van der Waals surface area contributed by atoms with E-state index in [0.29, 0.717) is 16.5 Å². The molecule has 0 saturated heterocycles. The normalized spacial score (nSPS) is 10.8. The molecule has 0 aliphatic heterocycles. The van der Waals surface area contributed by atoms with E-state index in [4.69, 9.17) is 16.3 Å². The van der Waals surface area contributed by atoms with Crippen molar-refractivity contribution < 1.29 is 9.53 Å². The molecule has 0 atom stereocenters. The summed E-state index contributed by atoms with van der Waals surface area (Å²) in [5, 5.41) is 3.50. The first-order valence-electron chi connectivity index (χ1n) is 6.71. The number of carbonyl (C=O) groups is 1. The van der Waals surface area contributed by atoms with Crippen molar-refractivity contribution in [1.29, 1.82) is 0 Å². The highest BCUT2D eigenvalue weighted by Gasteiger charge is 2.16. The number of benzene rings is 1. The second-order valence-electron chi connectivity index (χ2n) is 4.73. The van der Waals surface area contributed by atoms with Crippen molar-refractivity contribution >= 4 is 29.0 Å². The maximum atomic E-state index is 11.9. The summed E-state index contributed by atoms with van der Waals surface area (Å²) < 4.78 is 6.70. The molecule has 0 aliphatic rings. The van der Waals surface area contributed by atoms with Crippen LogP contribution < -0.4 is 5.32 Å². The minimum Gasteiger partial charge on any atom is -0.375 e. The molecule has 0 fully saturated rings. The van der Waals surface area contributed by atoms with E-state index in [2.05, 4.69) is 10.3 Å². The molecule has 0 saturated carbocycles. The zero-order valence-electron chi connectivity index (χ0n) is 11.9. The molecular formula is C16H14ClN3O2. The number of amides is 1. The number of hydrogen-bond donors (Lipinski definition) is 1. The Morgan fingerprint density at radius 1 is 1.27 bits per heavy atom. The molecule has 22 heavy (non-hydrogen) atoms. The molecule has 3 aromatic rings. The van der Waals surface area contributed by atoms with Gasteiger partial charge in [0.15, 0.2) is 0 Å². The third-order valence-electron chi connectivity index (χ3n) is 3.18. The summed E-state index contributed by atoms with van der Waals surface area (Å²) >= 11 is 5.93. The summed E-state index contributed by atoms with van der Waals surface area (Å²) in [7, 11) is 1.48. The van der Waals surface area contributed by atoms with Gasteiger partial charge in [-0.1, -0.05) is 29.8 Å². The standard InChI is InChI=1S/C16H14ClN3O2/c1-22-10-14(21)19-16-15(11-5-7-12(17)8-6-11)18-13-4-2-3-9-20(13)16/h2-9H,10H2,1H3,(H,19,21). The van der Waals surface area contributed by atoms with Crippen LogP contribution in [0.3, 0.4) is 0 Å². The zero-order valence-corrected chi connectivity index (χ0v) is 12.7. The first kappa shape index (κ1) is 14.6. The van der Waals surface area contributed by atoms with E-state index in [1.807, 2.05) is 40.9 Å². The summed E-state index contributed by atoms with van der Waals surface area (Å²) in [5.74, 6) is 0.378. The Labute approximate surface area is 132 Å². The minimum atomic E-state index is -0.233. The number of nitrogens with one attached hydrogen (secondary N) is 1. The summed E-state index contributed by atoms with van der Waals surface area (Å²) in [5.41, 5.74) is 2.31. The molecule has 0 unspecified atom stereocenters. The van der Waals surface area contributed by atoms with E-state index in [0.717, 1.165) is 11.2 Å². The smallest absolute Gasteiger partial charge is 0.251 e. The van der Waals surface area contributed by atoms with Crippen LogP contribution in [-0.4, -0.2) is 29.0 Å². The van der Waals surface area contributed by atoms with Gasteiger partial charge in [-0.2, -0.15) is 0 Å². The summed E-state index contributed by atoms with van der Waals surface area (Å²) in [6.07, 6.45) is 1.85. The maximum absolute atomic E-state index is 11.9. The van der Waals surface area contributed by atoms with Crippen molar-refractivity contribution in [3.63, 3.8) is 0 Å². The lowest BCUT2D eigenvalue weighted by molar-refractivity contribution is -0.119. The van der Waals surface area contributed by atoms with Crippen LogP contribution in [0.25, 0.3) is 16.9 Å². The number of rotatable bonds is 4. The summed E-state index contributed by atoms with van der Waals surface area (Å²) in [4.78, 5) is 16.5. The molecule has 112 valence electrons. The Hall–Kier alpha value is -2.37. The van der Waals surface area contributed by atoms with E-state index < -0.39 is 0 Å². The average Bonchev–Trinajstić information content (AvgIpc) is 2.87. The van der Waals surface area contributed by atoms with Gasteiger partial charge in [-0.3, -0.25) is 9.20 Å². The number of fused-ring (bicyclic) bond motifs is 1. The molecular weight excluding hydrogens is 302 g/mol. The second kappa shape index (κ2) is 6.17. The Morgan fingerprint density at radius 3 is 2.77 bits per heavy atom. The quantitative estimate of drug-likeness (QED) is 0.804. The topological polar surface area (TPSA) is 55.6 Å². The van der Waals surface area contributed by atoms with Crippen LogP contribution in [0.15, 0.2) is 48.7 Å². The fourth-order valence-electron chi connectivity index (χ4n) is 2.22. The number of halogens is 1. The molecule has 3 rings (SSSR count). The van der Waals surface area contributed by atoms with Crippen LogP contribution in [0, 0.1) is 0 Å². The van der Waals surface area contributed by atoms with Gasteiger partial charge in [0.05, 0.1) is 0 Å². The first-order chi connectivity index (χ1) is 10.7. The fraction of sp³-hybridized carbons (Fsp3) is 0.125. The monoisotopic (exact) mass is 315 g/mol. The van der Waals surface area contributed by atoms with Gasteiger partial charge in [0, 0.05) is 23.9 Å². The highest BCUT2D eigenvalue weighted by atomic mass is 35.5. The Morgan fingerprint density at radius 2 is 2.05 bits per heavy atom. The summed E-state index contributed by atoms with van der Waals surface area (Å²) in [6, 6.07) is 13.0. The van der Waals surface area contributed by atoms with E-state index >= 15 is 0 Å². The number of methoxy groups -OCH3 is 1. The third kappa shape index (κ3) is 2.81. The second-order valence-corrected chi connectivity index (χ2v) is 5.16. The third-order valence-corrected chi connectivity index (χ3v) is 3.43. The molecule has 0 bridgehead atoms. The van der Waals surface area contributed by atoms with Crippen molar-refractivity contribution in [1.82, 2.24) is 9.38 Å². The van der Waals surface area contributed by atoms with Gasteiger partial charge in [-0.25, -0.2) is 4.98 Å². The number of hydrogen-bond acceptors (Lipinski definition) is 3. The number of anilines is 1. The molecule has 1 N–H and O–H groups in total. The van der Waals surface area contributed by atoms with Gasteiger partial charge in [-0.15, -0.1) is 0 Å². The van der Waals surface area contributed by atoms with Gasteiger partial charge in [-0.05, 0) is 24.3 Å². The van der Waals surface area contributed by atoms with Crippen LogP contribution in [0.5, 0.6) is 0 Å². The molecule has 6 heteroatoms. The molecule has 0 spiro atoms. The molecule has 2 heterocycles. The van der Waals surface area contributed by atoms with Gasteiger partial charge in [0.2, 0.25) is 0 Å². The highest BCUT2D eigenvalue weighted by Crippen LogP contribution is 2.29. The van der Waals surface area contributed by atoms with Gasteiger partial charge in [0.1, 0.15) is 23.8 Å². The largest absolute Gasteiger partial charge is 0.375 e. The van der Waals surface area contributed by atoms with Crippen molar-refractivity contribution in [2.75, 3.05) is 19.0 Å². The summed E-state index contributed by atoms with van der Waals surface area (Å²) in [6.45, 7) is -0.0138. The van der Waals surface area contributed by atoms with Gasteiger partial charge >= 0.3 is 0 Å². The lowest BCUT2D eigenvalue weighted by atomic mass is 10.1. The van der Waals surface area contributed by atoms with Crippen LogP contribution in [0.2, 0.25) is 5.02 Å². The maximum Gasteiger partial charge on any atom is 0.251 e. The number of imidazole rings is 1. The van der Waals surface area contributed by atoms with Gasteiger partial charge < -0.3 is 10.1 Å². The van der Waals surface area contributed by atoms with Crippen molar-refractivity contribution in [2.45, 2.75) is 0 Å². The zero-order chi connectivity index (χ0) is 15.5. The minimum absolute atomic E-state index is 0.0138. The Balaban J connectivity index is 2.11. The SMILES string of the molecule is COCC(=O)Nc1c(-c2ccc(Cl)cc2)nc2ccccn12. The number of aromatic nitrogens is 2. The molecule has 2 aromatic heterocycles. The van der Waals surface area contributed by atoms with Gasteiger partial charge in [0.25, 0.3) is 5.91 Å². The first-order valence-corrected chi connectivity index (χ1v) is 7.08. The van der Waals surface area contributed by atoms with E-state index in [-0.39, 0.29) is 12.5 Å². The van der Waals surface area contributed by atoms with Crippen LogP contribution in [0.4, 0.5) is 5.82 Å². The molecule has 0 aliphatic carbocycles. The molecule has 1 aromatic carbocycles. The lowest BCUT2D eigenvalue weighted by Gasteiger charge is -2.07. The number of carbonyl (C=O) groups excluding carboxylic acids is 1. The van der Waals surface area contributed by atoms with Crippen molar-refractivity contribution in [2.24, 2.45) is 0 Å².